The Balaban J connectivity index is 0.000000983. The number of halogens is 1. The zero-order chi connectivity index (χ0) is 27.7. The molecule has 2 N–H and O–H groups in total. The van der Waals surface area contributed by atoms with Crippen molar-refractivity contribution < 1.29 is 23.2 Å². The van der Waals surface area contributed by atoms with E-state index >= 15 is 0 Å². The van der Waals surface area contributed by atoms with E-state index in [1.165, 1.54) is 13.2 Å². The van der Waals surface area contributed by atoms with Crippen LogP contribution in [-0.4, -0.2) is 49.8 Å². The first-order valence-corrected chi connectivity index (χ1v) is 12.3. The van der Waals surface area contributed by atoms with Crippen LogP contribution < -0.4 is 15.4 Å². The number of oxime groups is 1. The third-order valence-corrected chi connectivity index (χ3v) is 6.43. The molecule has 1 aliphatic heterocycles. The molecule has 10 heteroatoms. The number of carbonyl (C=O) groups excluding carboxylic acids is 1. The highest BCUT2D eigenvalue weighted by Crippen LogP contribution is 2.41. The van der Waals surface area contributed by atoms with E-state index in [1.807, 2.05) is 49.0 Å². The van der Waals surface area contributed by atoms with Crippen molar-refractivity contribution in [2.45, 2.75) is 13.7 Å². The second-order valence-corrected chi connectivity index (χ2v) is 8.91. The molecule has 0 spiro atoms. The van der Waals surface area contributed by atoms with Crippen LogP contribution in [0.3, 0.4) is 0 Å². The first kappa shape index (κ1) is 25.9. The molecule has 0 saturated heterocycles. The van der Waals surface area contributed by atoms with Gasteiger partial charge in [0.25, 0.3) is 0 Å². The first-order chi connectivity index (χ1) is 18.9. The number of ether oxygens (including phenoxy) is 1. The molecule has 39 heavy (non-hydrogen) atoms. The van der Waals surface area contributed by atoms with Gasteiger partial charge in [-0.05, 0) is 57.4 Å². The van der Waals surface area contributed by atoms with Crippen molar-refractivity contribution in [2.75, 3.05) is 33.6 Å². The summed E-state index contributed by atoms with van der Waals surface area (Å²) in [6.07, 6.45) is 0.750. The van der Waals surface area contributed by atoms with Gasteiger partial charge in [0, 0.05) is 35.1 Å². The molecule has 1 aliphatic rings. The maximum Gasteiger partial charge on any atom is 0.165 e. The van der Waals surface area contributed by atoms with Crippen LogP contribution in [0.25, 0.3) is 44.5 Å². The Labute approximate surface area is 224 Å². The van der Waals surface area contributed by atoms with Gasteiger partial charge in [0.15, 0.2) is 18.8 Å². The van der Waals surface area contributed by atoms with E-state index in [1.54, 1.807) is 26.1 Å². The van der Waals surface area contributed by atoms with Crippen molar-refractivity contribution in [3.05, 3.63) is 65.7 Å². The van der Waals surface area contributed by atoms with Gasteiger partial charge in [-0.1, -0.05) is 11.2 Å². The van der Waals surface area contributed by atoms with Crippen LogP contribution in [-0.2, 0) is 11.6 Å². The minimum absolute atomic E-state index is 0.271. The predicted molar refractivity (Wildman–Crippen MR) is 150 cm³/mol. The number of benzene rings is 2. The zero-order valence-electron chi connectivity index (χ0n) is 22.3. The van der Waals surface area contributed by atoms with E-state index < -0.39 is 0 Å². The summed E-state index contributed by atoms with van der Waals surface area (Å²) in [6.45, 7) is 1.98. The van der Waals surface area contributed by atoms with Crippen LogP contribution >= 0.6 is 0 Å². The zero-order valence-corrected chi connectivity index (χ0v) is 22.3. The smallest absolute Gasteiger partial charge is 0.165 e. The molecule has 2 aromatic carbocycles. The monoisotopic (exact) mass is 529 g/mol. The highest BCUT2D eigenvalue weighted by atomic mass is 19.1. The topological polar surface area (TPSA) is 103 Å². The van der Waals surface area contributed by atoms with Gasteiger partial charge in [0.1, 0.15) is 35.7 Å². The van der Waals surface area contributed by atoms with Crippen molar-refractivity contribution >= 4 is 39.6 Å². The van der Waals surface area contributed by atoms with Gasteiger partial charge in [0.05, 0.1) is 22.5 Å². The number of aromatic nitrogens is 2. The van der Waals surface area contributed by atoms with E-state index in [9.17, 15) is 9.18 Å². The third-order valence-electron chi connectivity index (χ3n) is 6.43. The Hall–Kier alpha value is -4.70. The van der Waals surface area contributed by atoms with E-state index in [-0.39, 0.29) is 12.5 Å². The van der Waals surface area contributed by atoms with Crippen LogP contribution in [0.4, 0.5) is 10.1 Å². The lowest BCUT2D eigenvalue weighted by atomic mass is 10.0. The molecular weight excluding hydrogens is 501 g/mol. The van der Waals surface area contributed by atoms with Crippen molar-refractivity contribution in [1.29, 1.82) is 0 Å². The lowest BCUT2D eigenvalue weighted by molar-refractivity contribution is 0.112. The number of rotatable bonds is 5. The maximum absolute atomic E-state index is 14.5. The number of carbonyl (C=O) groups is 1. The minimum Gasteiger partial charge on any atom is -0.470 e. The number of hydrogen-bond donors (Lipinski definition) is 2. The fourth-order valence-corrected chi connectivity index (χ4v) is 4.76. The van der Waals surface area contributed by atoms with Crippen molar-refractivity contribution in [1.82, 2.24) is 14.9 Å². The summed E-state index contributed by atoms with van der Waals surface area (Å²) in [5.41, 5.74) is 5.68. The summed E-state index contributed by atoms with van der Waals surface area (Å²) in [6, 6.07) is 14.2. The number of furan rings is 1. The van der Waals surface area contributed by atoms with Crippen molar-refractivity contribution in [3.8, 4) is 28.4 Å². The van der Waals surface area contributed by atoms with Crippen molar-refractivity contribution in [2.24, 2.45) is 5.16 Å². The second-order valence-electron chi connectivity index (χ2n) is 8.91. The van der Waals surface area contributed by atoms with Gasteiger partial charge < -0.3 is 29.2 Å². The second kappa shape index (κ2) is 10.6. The number of anilines is 1. The summed E-state index contributed by atoms with van der Waals surface area (Å²) < 4.78 is 28.3. The van der Waals surface area contributed by atoms with Gasteiger partial charge in [-0.2, -0.15) is 0 Å². The number of pyridine rings is 1. The summed E-state index contributed by atoms with van der Waals surface area (Å²) in [5, 5.41) is 11.0. The molecule has 6 rings (SSSR count). The molecule has 4 heterocycles. The fraction of sp³-hybridized carbons (Fsp3) is 0.207. The molecule has 0 fully saturated rings. The Morgan fingerprint density at radius 1 is 1.15 bits per heavy atom. The molecule has 5 aromatic rings. The average molecular weight is 530 g/mol. The molecule has 0 amide bonds. The molecule has 0 aliphatic carbocycles. The Bertz CT molecular complexity index is 1740. The highest BCUT2D eigenvalue weighted by molar-refractivity contribution is 6.11. The number of hydrogen-bond acceptors (Lipinski definition) is 8. The van der Waals surface area contributed by atoms with Crippen LogP contribution in [0, 0.1) is 5.82 Å². The van der Waals surface area contributed by atoms with Crippen LogP contribution in [0.2, 0.25) is 0 Å². The standard InChI is InChI=1S/C27H21FN4O4.C2H7N/c1-14(31-34-3)27-18(12-33)15-9-17(21(29-2)11-25(15)36-27)20-7-8-24-26(30-20)23-10-16-19(28)5-4-6-22(16)32(23)13-35-24;1-3-2/h4-12,29H,13H2,1-3H3;3H,1-2H3/b31-14+;. The Morgan fingerprint density at radius 3 is 2.67 bits per heavy atom. The van der Waals surface area contributed by atoms with E-state index in [0.29, 0.717) is 50.5 Å². The molecule has 0 saturated carbocycles. The Morgan fingerprint density at radius 2 is 1.95 bits per heavy atom. The average Bonchev–Trinajstić information content (AvgIpc) is 3.51. The first-order valence-electron chi connectivity index (χ1n) is 12.3. The fourth-order valence-electron chi connectivity index (χ4n) is 4.76. The lowest BCUT2D eigenvalue weighted by Gasteiger charge is -2.21. The molecule has 0 atom stereocenters. The summed E-state index contributed by atoms with van der Waals surface area (Å²) in [7, 11) is 6.98. The number of fused-ring (bicyclic) bond motifs is 6. The van der Waals surface area contributed by atoms with E-state index in [2.05, 4.69) is 15.8 Å². The SMILES string of the molecule is CNC.CNc1cc2oc(/C(C)=N/OC)c(C=O)c2cc1-c1ccc2c(n1)-c1cc3c(F)cccc3n1CO2. The summed E-state index contributed by atoms with van der Waals surface area (Å²) >= 11 is 0. The van der Waals surface area contributed by atoms with Crippen molar-refractivity contribution in [3.63, 3.8) is 0 Å². The molecule has 0 unspecified atom stereocenters. The predicted octanol–water partition coefficient (Wildman–Crippen LogP) is 5.67. The molecule has 3 aromatic heterocycles. The highest BCUT2D eigenvalue weighted by Gasteiger charge is 2.24. The van der Waals surface area contributed by atoms with Gasteiger partial charge in [0.2, 0.25) is 0 Å². The molecule has 200 valence electrons. The van der Waals surface area contributed by atoms with Gasteiger partial charge in [-0.15, -0.1) is 0 Å². The largest absolute Gasteiger partial charge is 0.470 e. The van der Waals surface area contributed by atoms with E-state index in [0.717, 1.165) is 28.7 Å². The van der Waals surface area contributed by atoms with Gasteiger partial charge in [-0.25, -0.2) is 9.37 Å². The summed E-state index contributed by atoms with van der Waals surface area (Å²) in [4.78, 5) is 21.8. The summed E-state index contributed by atoms with van der Waals surface area (Å²) in [5.74, 6) is 0.672. The number of nitrogens with zero attached hydrogens (tertiary/aromatic N) is 3. The van der Waals surface area contributed by atoms with Crippen LogP contribution in [0.5, 0.6) is 5.75 Å². The van der Waals surface area contributed by atoms with Gasteiger partial charge in [-0.3, -0.25) is 4.79 Å². The molecule has 0 radical (unpaired) electrons. The molecular formula is C29H28FN5O4. The normalized spacial score (nSPS) is 12.3. The van der Waals surface area contributed by atoms with Gasteiger partial charge >= 0.3 is 0 Å². The lowest BCUT2D eigenvalue weighted by Crippen LogP contribution is -2.13. The van der Waals surface area contributed by atoms with E-state index in [4.69, 9.17) is 19.0 Å². The molecule has 0 bridgehead atoms. The minimum atomic E-state index is -0.292. The third kappa shape index (κ3) is 4.38. The quantitative estimate of drug-likeness (QED) is 0.172. The van der Waals surface area contributed by atoms with Crippen LogP contribution in [0.1, 0.15) is 23.0 Å². The van der Waals surface area contributed by atoms with Crippen LogP contribution in [0.15, 0.2) is 58.1 Å². The Kier molecular flexibility index (Phi) is 7.03. The maximum atomic E-state index is 14.5. The number of nitrogens with one attached hydrogen (secondary N) is 2. The number of aldehydes is 1. The molecule has 9 nitrogen and oxygen atoms in total.